The molecular formula is C30H45NO5. The summed E-state index contributed by atoms with van der Waals surface area (Å²) in [5.41, 5.74) is 1.31. The molecule has 0 N–H and O–H groups in total. The van der Waals surface area contributed by atoms with Gasteiger partial charge in [-0.25, -0.2) is 4.79 Å². The molecule has 0 heterocycles. The molecule has 2 aromatic rings. The molecule has 0 saturated carbocycles. The molecule has 200 valence electrons. The maximum Gasteiger partial charge on any atom is 0.349 e. The number of carbonyl (C=O) groups is 1. The van der Waals surface area contributed by atoms with E-state index in [4.69, 9.17) is 18.9 Å². The van der Waals surface area contributed by atoms with Gasteiger partial charge >= 0.3 is 5.97 Å². The van der Waals surface area contributed by atoms with Crippen molar-refractivity contribution in [1.82, 2.24) is 0 Å². The molecule has 36 heavy (non-hydrogen) atoms. The van der Waals surface area contributed by atoms with E-state index < -0.39 is 11.4 Å². The number of hydrogen-bond acceptors (Lipinski definition) is 6. The highest BCUT2D eigenvalue weighted by molar-refractivity contribution is 6.05. The van der Waals surface area contributed by atoms with Crippen LogP contribution in [0.15, 0.2) is 66.2 Å². The van der Waals surface area contributed by atoms with Gasteiger partial charge in [0.15, 0.2) is 0 Å². The molecule has 0 aliphatic carbocycles. The second kappa shape index (κ2) is 22.5. The van der Waals surface area contributed by atoms with Crippen LogP contribution in [-0.4, -0.2) is 53.7 Å². The van der Waals surface area contributed by atoms with Gasteiger partial charge in [-0.05, 0) is 11.1 Å². The van der Waals surface area contributed by atoms with Gasteiger partial charge in [-0.2, -0.15) is 5.26 Å². The Balaban J connectivity index is 0. The Hall–Kier alpha value is -2.98. The quantitative estimate of drug-likeness (QED) is 0.198. The van der Waals surface area contributed by atoms with Crippen LogP contribution in [0.1, 0.15) is 52.7 Å². The van der Waals surface area contributed by atoms with Crippen LogP contribution < -0.4 is 0 Å². The standard InChI is InChI=1S/C24H27NO5.3C2H6/c1-27-15-24(16-28-2,17-29-3)18-30-23(26)21(14-25)22(19-10-6-4-7-11-19)20-12-8-5-9-13-20;3*1-2/h4-13H,15-18H2,1-3H3;3*1-2H3. The summed E-state index contributed by atoms with van der Waals surface area (Å²) in [6.07, 6.45) is 0. The fourth-order valence-electron chi connectivity index (χ4n) is 3.33. The van der Waals surface area contributed by atoms with Crippen molar-refractivity contribution < 1.29 is 23.7 Å². The van der Waals surface area contributed by atoms with Crippen LogP contribution in [-0.2, 0) is 23.7 Å². The largest absolute Gasteiger partial charge is 0.461 e. The summed E-state index contributed by atoms with van der Waals surface area (Å²) in [5.74, 6) is -0.701. The van der Waals surface area contributed by atoms with Crippen molar-refractivity contribution in [2.24, 2.45) is 5.41 Å². The molecule has 0 aliphatic heterocycles. The summed E-state index contributed by atoms with van der Waals surface area (Å²) in [6, 6.07) is 20.7. The van der Waals surface area contributed by atoms with Crippen molar-refractivity contribution in [3.05, 3.63) is 77.4 Å². The van der Waals surface area contributed by atoms with E-state index in [9.17, 15) is 10.1 Å². The molecule has 0 bridgehead atoms. The fraction of sp³-hybridized carbons (Fsp3) is 0.467. The van der Waals surface area contributed by atoms with E-state index in [1.807, 2.05) is 108 Å². The van der Waals surface area contributed by atoms with Gasteiger partial charge in [-0.3, -0.25) is 0 Å². The van der Waals surface area contributed by atoms with Crippen molar-refractivity contribution in [3.8, 4) is 6.07 Å². The minimum Gasteiger partial charge on any atom is -0.461 e. The Labute approximate surface area is 218 Å². The summed E-state index contributed by atoms with van der Waals surface area (Å²) in [6.45, 7) is 12.8. The third-order valence-corrected chi connectivity index (χ3v) is 4.55. The minimum atomic E-state index is -0.701. The smallest absolute Gasteiger partial charge is 0.349 e. The van der Waals surface area contributed by atoms with E-state index in [2.05, 4.69) is 0 Å². The fourth-order valence-corrected chi connectivity index (χ4v) is 3.33. The van der Waals surface area contributed by atoms with Crippen LogP contribution in [0.4, 0.5) is 0 Å². The summed E-state index contributed by atoms with van der Waals surface area (Å²) >= 11 is 0. The first-order valence-corrected chi connectivity index (χ1v) is 12.5. The predicted octanol–water partition coefficient (Wildman–Crippen LogP) is 6.56. The SMILES string of the molecule is CC.CC.CC.COCC(COC)(COC)COC(=O)C(C#N)=C(c1ccccc1)c1ccccc1. The molecule has 6 heteroatoms. The van der Waals surface area contributed by atoms with E-state index >= 15 is 0 Å². The van der Waals surface area contributed by atoms with E-state index in [1.54, 1.807) is 21.3 Å². The van der Waals surface area contributed by atoms with Gasteiger partial charge in [0.2, 0.25) is 0 Å². The normalized spacial score (nSPS) is 9.56. The van der Waals surface area contributed by atoms with E-state index in [0.717, 1.165) is 11.1 Å². The lowest BCUT2D eigenvalue weighted by atomic mass is 9.91. The molecule has 0 fully saturated rings. The van der Waals surface area contributed by atoms with E-state index in [-0.39, 0.29) is 32.0 Å². The highest BCUT2D eigenvalue weighted by Gasteiger charge is 2.33. The van der Waals surface area contributed by atoms with E-state index in [1.165, 1.54) is 0 Å². The maximum absolute atomic E-state index is 13.0. The van der Waals surface area contributed by atoms with Crippen LogP contribution in [0, 0.1) is 16.7 Å². The molecule has 0 unspecified atom stereocenters. The Morgan fingerprint density at radius 2 is 1.06 bits per heavy atom. The first-order chi connectivity index (χ1) is 17.6. The zero-order valence-corrected chi connectivity index (χ0v) is 23.6. The monoisotopic (exact) mass is 499 g/mol. The molecule has 0 radical (unpaired) electrons. The molecule has 0 amide bonds. The summed E-state index contributed by atoms with van der Waals surface area (Å²) < 4.78 is 21.5. The van der Waals surface area contributed by atoms with Crippen molar-refractivity contribution in [3.63, 3.8) is 0 Å². The number of carbonyl (C=O) groups excluding carboxylic acids is 1. The lowest BCUT2D eigenvalue weighted by Crippen LogP contribution is -2.41. The van der Waals surface area contributed by atoms with Gasteiger partial charge in [-0.15, -0.1) is 0 Å². The third-order valence-electron chi connectivity index (χ3n) is 4.55. The number of nitrogens with zero attached hydrogens (tertiary/aromatic N) is 1. The molecule has 0 aromatic heterocycles. The molecule has 2 rings (SSSR count). The molecule has 2 aromatic carbocycles. The molecule has 0 atom stereocenters. The predicted molar refractivity (Wildman–Crippen MR) is 148 cm³/mol. The molecule has 6 nitrogen and oxygen atoms in total. The Morgan fingerprint density at radius 1 is 0.694 bits per heavy atom. The van der Waals surface area contributed by atoms with Crippen molar-refractivity contribution in [2.45, 2.75) is 41.5 Å². The number of methoxy groups -OCH3 is 3. The van der Waals surface area contributed by atoms with Crippen LogP contribution >= 0.6 is 0 Å². The number of benzene rings is 2. The Kier molecular flexibility index (Phi) is 22.0. The van der Waals surface area contributed by atoms with Gasteiger partial charge in [0.25, 0.3) is 0 Å². The summed E-state index contributed by atoms with van der Waals surface area (Å²) in [4.78, 5) is 13.0. The van der Waals surface area contributed by atoms with Crippen molar-refractivity contribution in [1.29, 1.82) is 5.26 Å². The van der Waals surface area contributed by atoms with Gasteiger partial charge in [-0.1, -0.05) is 102 Å². The van der Waals surface area contributed by atoms with Gasteiger partial charge in [0.1, 0.15) is 18.2 Å². The topological polar surface area (TPSA) is 77.8 Å². The Bertz CT molecular complexity index is 815. The van der Waals surface area contributed by atoms with Crippen molar-refractivity contribution in [2.75, 3.05) is 47.8 Å². The summed E-state index contributed by atoms with van der Waals surface area (Å²) in [7, 11) is 4.68. The number of esters is 1. The van der Waals surface area contributed by atoms with Crippen molar-refractivity contribution >= 4 is 11.5 Å². The molecule has 0 spiro atoms. The number of hydrogen-bond donors (Lipinski definition) is 0. The van der Waals surface area contributed by atoms with Crippen LogP contribution in [0.25, 0.3) is 5.57 Å². The molecular weight excluding hydrogens is 454 g/mol. The second-order valence-electron chi connectivity index (χ2n) is 6.97. The number of rotatable bonds is 11. The lowest BCUT2D eigenvalue weighted by molar-refractivity contribution is -0.148. The molecule has 0 saturated heterocycles. The van der Waals surface area contributed by atoms with Gasteiger partial charge < -0.3 is 18.9 Å². The number of nitriles is 1. The average Bonchev–Trinajstić information content (AvgIpc) is 2.95. The highest BCUT2D eigenvalue weighted by Crippen LogP contribution is 2.28. The van der Waals surface area contributed by atoms with Crippen LogP contribution in [0.5, 0.6) is 0 Å². The zero-order chi connectivity index (χ0) is 27.8. The van der Waals surface area contributed by atoms with Gasteiger partial charge in [0.05, 0.1) is 25.2 Å². The van der Waals surface area contributed by atoms with Gasteiger partial charge in [0, 0.05) is 26.9 Å². The average molecular weight is 500 g/mol. The van der Waals surface area contributed by atoms with Crippen LogP contribution in [0.2, 0.25) is 0 Å². The summed E-state index contributed by atoms with van der Waals surface area (Å²) in [5, 5.41) is 9.85. The minimum absolute atomic E-state index is 0.0105. The Morgan fingerprint density at radius 3 is 1.36 bits per heavy atom. The molecule has 0 aliphatic rings. The first-order valence-electron chi connectivity index (χ1n) is 12.5. The number of ether oxygens (including phenoxy) is 4. The second-order valence-corrected chi connectivity index (χ2v) is 6.97. The maximum atomic E-state index is 13.0. The third kappa shape index (κ3) is 11.6. The van der Waals surface area contributed by atoms with Crippen LogP contribution in [0.3, 0.4) is 0 Å². The first kappa shape index (κ1) is 35.2. The zero-order valence-electron chi connectivity index (χ0n) is 23.6. The lowest BCUT2D eigenvalue weighted by Gasteiger charge is -2.31. The highest BCUT2D eigenvalue weighted by atomic mass is 16.5. The van der Waals surface area contributed by atoms with E-state index in [0.29, 0.717) is 5.57 Å².